The Morgan fingerprint density at radius 3 is 2.04 bits per heavy atom. The molecular weight excluding hydrogens is 298 g/mol. The first-order valence-corrected chi connectivity index (χ1v) is 9.16. The molecule has 2 heteroatoms. The van der Waals surface area contributed by atoms with E-state index in [0.29, 0.717) is 0 Å². The molecule has 0 saturated heterocycles. The molecule has 0 amide bonds. The molecule has 0 unspecified atom stereocenters. The largest absolute Gasteiger partial charge is 0.289 e. The van der Waals surface area contributed by atoms with Crippen molar-refractivity contribution in [3.63, 3.8) is 0 Å². The molecule has 0 radical (unpaired) electrons. The van der Waals surface area contributed by atoms with Crippen LogP contribution < -0.4 is 0 Å². The van der Waals surface area contributed by atoms with Gasteiger partial charge >= 0.3 is 0 Å². The minimum absolute atomic E-state index is 0.143. The number of nitrogens with zero attached hydrogens (tertiary/aromatic N) is 1. The van der Waals surface area contributed by atoms with Gasteiger partial charge in [0.15, 0.2) is 0 Å². The quantitative estimate of drug-likeness (QED) is 0.523. The first-order valence-electron chi connectivity index (χ1n) is 8.34. The van der Waals surface area contributed by atoms with Gasteiger partial charge in [-0.3, -0.25) is 4.90 Å². The van der Waals surface area contributed by atoms with Gasteiger partial charge in [0.25, 0.3) is 0 Å². The lowest BCUT2D eigenvalue weighted by Crippen LogP contribution is -2.51. The third kappa shape index (κ3) is 3.29. The topological polar surface area (TPSA) is 3.24 Å². The standard InChI is InChI=1S/C21H27NS/c1-20(2,3)22(21(4,5)6)14-15-11-12-19-17(13-15)16-9-7-8-10-18(16)23-19/h7-13H,14H2,1-6H3. The third-order valence-electron chi connectivity index (χ3n) is 4.40. The zero-order valence-corrected chi connectivity index (χ0v) is 15.9. The van der Waals surface area contributed by atoms with E-state index in [-0.39, 0.29) is 11.1 Å². The number of fused-ring (bicyclic) bond motifs is 3. The van der Waals surface area contributed by atoms with Crippen LogP contribution in [0.25, 0.3) is 20.2 Å². The maximum absolute atomic E-state index is 2.58. The van der Waals surface area contributed by atoms with E-state index in [4.69, 9.17) is 0 Å². The summed E-state index contributed by atoms with van der Waals surface area (Å²) >= 11 is 1.89. The second-order valence-electron chi connectivity index (χ2n) is 8.36. The van der Waals surface area contributed by atoms with Gasteiger partial charge in [-0.05, 0) is 65.3 Å². The molecule has 1 aromatic heterocycles. The smallest absolute Gasteiger partial charge is 0.0355 e. The predicted molar refractivity (Wildman–Crippen MR) is 104 cm³/mol. The van der Waals surface area contributed by atoms with Crippen LogP contribution in [-0.4, -0.2) is 16.0 Å². The van der Waals surface area contributed by atoms with E-state index < -0.39 is 0 Å². The number of hydrogen-bond acceptors (Lipinski definition) is 2. The van der Waals surface area contributed by atoms with Crippen LogP contribution in [0, 0.1) is 0 Å². The molecule has 1 heterocycles. The lowest BCUT2D eigenvalue weighted by atomic mass is 9.94. The molecule has 0 aliphatic rings. The van der Waals surface area contributed by atoms with Crippen molar-refractivity contribution in [3.8, 4) is 0 Å². The van der Waals surface area contributed by atoms with Gasteiger partial charge < -0.3 is 0 Å². The number of rotatable bonds is 2. The fourth-order valence-corrected chi connectivity index (χ4v) is 4.62. The fraction of sp³-hybridized carbons (Fsp3) is 0.429. The van der Waals surface area contributed by atoms with E-state index in [2.05, 4.69) is 88.9 Å². The van der Waals surface area contributed by atoms with E-state index in [9.17, 15) is 0 Å². The van der Waals surface area contributed by atoms with Crippen LogP contribution in [0.2, 0.25) is 0 Å². The Morgan fingerprint density at radius 1 is 0.783 bits per heavy atom. The molecule has 0 fully saturated rings. The van der Waals surface area contributed by atoms with Crippen molar-refractivity contribution in [3.05, 3.63) is 48.0 Å². The Bertz CT molecular complexity index is 816. The monoisotopic (exact) mass is 325 g/mol. The van der Waals surface area contributed by atoms with Crippen LogP contribution in [0.5, 0.6) is 0 Å². The van der Waals surface area contributed by atoms with E-state index in [1.165, 1.54) is 25.7 Å². The molecule has 0 N–H and O–H groups in total. The summed E-state index contributed by atoms with van der Waals surface area (Å²) in [7, 11) is 0. The zero-order chi connectivity index (χ0) is 16.8. The van der Waals surface area contributed by atoms with Crippen LogP contribution in [0.1, 0.15) is 47.1 Å². The third-order valence-corrected chi connectivity index (χ3v) is 5.55. The first kappa shape index (κ1) is 16.5. The highest BCUT2D eigenvalue weighted by atomic mass is 32.1. The van der Waals surface area contributed by atoms with Gasteiger partial charge in [-0.15, -0.1) is 11.3 Å². The maximum Gasteiger partial charge on any atom is 0.0355 e. The van der Waals surface area contributed by atoms with Gasteiger partial charge in [-0.1, -0.05) is 24.3 Å². The average Bonchev–Trinajstić information content (AvgIpc) is 2.80. The van der Waals surface area contributed by atoms with Gasteiger partial charge in [0, 0.05) is 37.8 Å². The van der Waals surface area contributed by atoms with E-state index in [1.807, 2.05) is 11.3 Å². The Hall–Kier alpha value is -1.38. The van der Waals surface area contributed by atoms with Crippen LogP contribution in [-0.2, 0) is 6.54 Å². The zero-order valence-electron chi connectivity index (χ0n) is 15.1. The van der Waals surface area contributed by atoms with Crippen molar-refractivity contribution in [2.45, 2.75) is 59.2 Å². The summed E-state index contributed by atoms with van der Waals surface area (Å²) < 4.78 is 2.76. The van der Waals surface area contributed by atoms with Gasteiger partial charge in [0.2, 0.25) is 0 Å². The van der Waals surface area contributed by atoms with E-state index in [1.54, 1.807) is 0 Å². The number of hydrogen-bond donors (Lipinski definition) is 0. The molecule has 0 atom stereocenters. The molecule has 0 aliphatic carbocycles. The van der Waals surface area contributed by atoms with Crippen molar-refractivity contribution in [2.24, 2.45) is 0 Å². The molecule has 0 spiro atoms. The van der Waals surface area contributed by atoms with Crippen LogP contribution in [0.3, 0.4) is 0 Å². The predicted octanol–water partition coefficient (Wildman–Crippen LogP) is 6.45. The lowest BCUT2D eigenvalue weighted by molar-refractivity contribution is 0.0299. The molecule has 3 aromatic rings. The van der Waals surface area contributed by atoms with Crippen molar-refractivity contribution < 1.29 is 0 Å². The summed E-state index contributed by atoms with van der Waals surface area (Å²) in [4.78, 5) is 2.58. The number of thiophene rings is 1. The van der Waals surface area contributed by atoms with Gasteiger partial charge in [-0.2, -0.15) is 0 Å². The van der Waals surface area contributed by atoms with Crippen molar-refractivity contribution in [1.29, 1.82) is 0 Å². The Labute approximate surface area is 143 Å². The minimum atomic E-state index is 0.143. The molecule has 0 aliphatic heterocycles. The summed E-state index contributed by atoms with van der Waals surface area (Å²) in [5.41, 5.74) is 1.68. The summed E-state index contributed by atoms with van der Waals surface area (Å²) in [5, 5.41) is 2.78. The summed E-state index contributed by atoms with van der Waals surface area (Å²) in [5.74, 6) is 0. The molecule has 122 valence electrons. The van der Waals surface area contributed by atoms with Crippen molar-refractivity contribution in [2.75, 3.05) is 0 Å². The van der Waals surface area contributed by atoms with Gasteiger partial charge in [0.05, 0.1) is 0 Å². The second kappa shape index (κ2) is 5.61. The maximum atomic E-state index is 2.58. The van der Waals surface area contributed by atoms with E-state index >= 15 is 0 Å². The van der Waals surface area contributed by atoms with Crippen molar-refractivity contribution in [1.82, 2.24) is 4.90 Å². The molecule has 0 bridgehead atoms. The normalized spacial score (nSPS) is 13.3. The summed E-state index contributed by atoms with van der Waals surface area (Å²) in [6, 6.07) is 15.7. The van der Waals surface area contributed by atoms with Crippen LogP contribution in [0.15, 0.2) is 42.5 Å². The Kier molecular flexibility index (Phi) is 4.02. The minimum Gasteiger partial charge on any atom is -0.289 e. The molecule has 1 nitrogen and oxygen atoms in total. The molecule has 23 heavy (non-hydrogen) atoms. The number of benzene rings is 2. The Morgan fingerprint density at radius 2 is 1.39 bits per heavy atom. The van der Waals surface area contributed by atoms with Crippen molar-refractivity contribution >= 4 is 31.5 Å². The lowest BCUT2D eigenvalue weighted by Gasteiger charge is -2.45. The highest BCUT2D eigenvalue weighted by Gasteiger charge is 2.31. The van der Waals surface area contributed by atoms with Gasteiger partial charge in [-0.25, -0.2) is 0 Å². The molecule has 2 aromatic carbocycles. The molecule has 3 rings (SSSR count). The second-order valence-corrected chi connectivity index (χ2v) is 9.44. The fourth-order valence-electron chi connectivity index (χ4n) is 3.53. The van der Waals surface area contributed by atoms with Gasteiger partial charge in [0.1, 0.15) is 0 Å². The van der Waals surface area contributed by atoms with E-state index in [0.717, 1.165) is 6.54 Å². The SMILES string of the molecule is CC(C)(C)N(Cc1ccc2sc3ccccc3c2c1)C(C)(C)C. The van der Waals surface area contributed by atoms with Crippen LogP contribution in [0.4, 0.5) is 0 Å². The summed E-state index contributed by atoms with van der Waals surface area (Å²) in [6.45, 7) is 14.8. The first-order chi connectivity index (χ1) is 10.7. The molecule has 0 saturated carbocycles. The average molecular weight is 326 g/mol. The Balaban J connectivity index is 2.04. The van der Waals surface area contributed by atoms with Crippen LogP contribution >= 0.6 is 11.3 Å². The molecular formula is C21H27NS. The summed E-state index contributed by atoms with van der Waals surface area (Å²) in [6.07, 6.45) is 0. The highest BCUT2D eigenvalue weighted by Crippen LogP contribution is 2.35. The highest BCUT2D eigenvalue weighted by molar-refractivity contribution is 7.25.